The Kier molecular flexibility index (Phi) is 5.61. The molecule has 0 bridgehead atoms. The second-order valence-corrected chi connectivity index (χ2v) is 7.51. The molecule has 5 nitrogen and oxygen atoms in total. The van der Waals surface area contributed by atoms with Crippen molar-refractivity contribution < 1.29 is 23.1 Å². The molecule has 2 heterocycles. The van der Waals surface area contributed by atoms with Crippen LogP contribution in [0.3, 0.4) is 0 Å². The van der Waals surface area contributed by atoms with Crippen LogP contribution in [-0.2, 0) is 17.9 Å². The predicted molar refractivity (Wildman–Crippen MR) is 114 cm³/mol. The van der Waals surface area contributed by atoms with Gasteiger partial charge in [-0.15, -0.1) is 0 Å². The topological polar surface area (TPSA) is 64.2 Å². The van der Waals surface area contributed by atoms with Gasteiger partial charge in [0, 0.05) is 52.1 Å². The summed E-state index contributed by atoms with van der Waals surface area (Å²) in [5.74, 6) is -3.43. The fourth-order valence-electron chi connectivity index (χ4n) is 3.97. The fourth-order valence-corrected chi connectivity index (χ4v) is 3.97. The molecule has 8 heteroatoms. The number of pyridine rings is 1. The first-order valence-corrected chi connectivity index (χ1v) is 9.90. The van der Waals surface area contributed by atoms with Crippen LogP contribution in [-0.4, -0.2) is 20.2 Å². The van der Waals surface area contributed by atoms with Gasteiger partial charge in [0.1, 0.15) is 5.82 Å². The first-order valence-electron chi connectivity index (χ1n) is 9.90. The maximum atomic E-state index is 14.1. The molecular weight excluding hydrogens is 421 g/mol. The number of nitrogens with zero attached hydrogens (tertiary/aromatic N) is 2. The van der Waals surface area contributed by atoms with Crippen LogP contribution in [0.15, 0.2) is 59.5 Å². The minimum atomic E-state index is -1.02. The van der Waals surface area contributed by atoms with Crippen LogP contribution in [0.5, 0.6) is 0 Å². The number of fused-ring (bicyclic) bond motifs is 1. The molecule has 2 aromatic heterocycles. The molecule has 0 saturated carbocycles. The number of carboxylic acid groups (broad SMARTS) is 1. The van der Waals surface area contributed by atoms with Crippen molar-refractivity contribution in [3.05, 3.63) is 93.8 Å². The molecule has 0 spiro atoms. The summed E-state index contributed by atoms with van der Waals surface area (Å²) in [7, 11) is 0. The number of aromatic nitrogens is 2. The van der Waals surface area contributed by atoms with Gasteiger partial charge < -0.3 is 14.2 Å². The molecule has 0 radical (unpaired) electrons. The molecule has 4 aromatic rings. The van der Waals surface area contributed by atoms with Crippen molar-refractivity contribution in [1.82, 2.24) is 9.13 Å². The van der Waals surface area contributed by atoms with Crippen LogP contribution >= 0.6 is 0 Å². The molecule has 0 atom stereocenters. The molecule has 4 rings (SSSR count). The van der Waals surface area contributed by atoms with Crippen molar-refractivity contribution in [3.8, 4) is 11.1 Å². The van der Waals surface area contributed by atoms with E-state index in [9.17, 15) is 22.8 Å². The molecule has 0 saturated heterocycles. The van der Waals surface area contributed by atoms with E-state index < -0.39 is 29.0 Å². The predicted octanol–water partition coefficient (Wildman–Crippen LogP) is 4.72. The number of hydrogen-bond acceptors (Lipinski definition) is 2. The van der Waals surface area contributed by atoms with E-state index in [2.05, 4.69) is 0 Å². The van der Waals surface area contributed by atoms with Gasteiger partial charge in [0.05, 0.1) is 13.0 Å². The Morgan fingerprint density at radius 1 is 1.06 bits per heavy atom. The highest BCUT2D eigenvalue weighted by Crippen LogP contribution is 2.35. The van der Waals surface area contributed by atoms with Crippen molar-refractivity contribution in [2.45, 2.75) is 26.4 Å². The quantitative estimate of drug-likeness (QED) is 0.472. The molecule has 0 aliphatic carbocycles. The van der Waals surface area contributed by atoms with Crippen LogP contribution in [0, 0.1) is 24.4 Å². The third kappa shape index (κ3) is 3.91. The monoisotopic (exact) mass is 440 g/mol. The average molecular weight is 440 g/mol. The highest BCUT2D eigenvalue weighted by molar-refractivity contribution is 5.98. The summed E-state index contributed by atoms with van der Waals surface area (Å²) >= 11 is 0. The maximum Gasteiger partial charge on any atom is 0.305 e. The largest absolute Gasteiger partial charge is 0.481 e. The maximum absolute atomic E-state index is 14.1. The second kappa shape index (κ2) is 8.37. The summed E-state index contributed by atoms with van der Waals surface area (Å²) in [5, 5.41) is 9.65. The lowest BCUT2D eigenvalue weighted by atomic mass is 10.0. The van der Waals surface area contributed by atoms with Crippen molar-refractivity contribution in [1.29, 1.82) is 0 Å². The summed E-state index contributed by atoms with van der Waals surface area (Å²) in [6.45, 7) is 1.80. The number of aliphatic carboxylic acids is 1. The van der Waals surface area contributed by atoms with E-state index in [4.69, 9.17) is 5.11 Å². The van der Waals surface area contributed by atoms with Crippen LogP contribution in [0.4, 0.5) is 13.2 Å². The lowest BCUT2D eigenvalue weighted by molar-refractivity contribution is -0.137. The van der Waals surface area contributed by atoms with Gasteiger partial charge >= 0.3 is 5.97 Å². The lowest BCUT2D eigenvalue weighted by Crippen LogP contribution is -2.20. The number of carboxylic acids is 1. The Morgan fingerprint density at radius 2 is 1.84 bits per heavy atom. The van der Waals surface area contributed by atoms with E-state index in [1.807, 2.05) is 0 Å². The van der Waals surface area contributed by atoms with Gasteiger partial charge in [0.15, 0.2) is 11.6 Å². The molecule has 32 heavy (non-hydrogen) atoms. The van der Waals surface area contributed by atoms with Crippen molar-refractivity contribution >= 4 is 16.9 Å². The molecule has 0 unspecified atom stereocenters. The van der Waals surface area contributed by atoms with Gasteiger partial charge in [-0.25, -0.2) is 13.2 Å². The SMILES string of the molecule is Cc1c(-c2ccc(=O)n(Cc3cccc(F)c3F)c2)c2cc(F)ccc2n1CCC(=O)O. The summed E-state index contributed by atoms with van der Waals surface area (Å²) < 4.78 is 44.8. The van der Waals surface area contributed by atoms with E-state index in [-0.39, 0.29) is 25.1 Å². The number of aryl methyl sites for hydroxylation is 1. The van der Waals surface area contributed by atoms with Crippen LogP contribution in [0.2, 0.25) is 0 Å². The summed E-state index contributed by atoms with van der Waals surface area (Å²) in [6.07, 6.45) is 1.40. The lowest BCUT2D eigenvalue weighted by Gasteiger charge is -2.11. The van der Waals surface area contributed by atoms with Crippen molar-refractivity contribution in [2.75, 3.05) is 0 Å². The third-order valence-electron chi connectivity index (χ3n) is 5.48. The Morgan fingerprint density at radius 3 is 2.59 bits per heavy atom. The molecule has 1 N–H and O–H groups in total. The van der Waals surface area contributed by atoms with E-state index in [1.54, 1.807) is 23.6 Å². The second-order valence-electron chi connectivity index (χ2n) is 7.51. The van der Waals surface area contributed by atoms with Crippen LogP contribution in [0.25, 0.3) is 22.0 Å². The zero-order valence-corrected chi connectivity index (χ0v) is 17.1. The zero-order valence-electron chi connectivity index (χ0n) is 17.1. The molecule has 0 aliphatic heterocycles. The minimum absolute atomic E-state index is 0.0240. The Balaban J connectivity index is 1.86. The average Bonchev–Trinajstić information content (AvgIpc) is 3.01. The number of hydrogen-bond donors (Lipinski definition) is 1. The van der Waals surface area contributed by atoms with Crippen LogP contribution in [0.1, 0.15) is 17.7 Å². The fraction of sp³-hybridized carbons (Fsp3) is 0.167. The number of rotatable bonds is 6. The van der Waals surface area contributed by atoms with E-state index in [1.165, 1.54) is 41.1 Å². The smallest absolute Gasteiger partial charge is 0.305 e. The Labute approximate surface area is 181 Å². The first-order chi connectivity index (χ1) is 15.3. The third-order valence-corrected chi connectivity index (χ3v) is 5.48. The number of benzene rings is 2. The Hall–Kier alpha value is -3.81. The molecule has 2 aromatic carbocycles. The molecule has 0 aliphatic rings. The normalized spacial score (nSPS) is 11.2. The van der Waals surface area contributed by atoms with Crippen molar-refractivity contribution in [2.24, 2.45) is 0 Å². The summed E-state index contributed by atoms with van der Waals surface area (Å²) in [6, 6.07) is 10.9. The van der Waals surface area contributed by atoms with Gasteiger partial charge in [-0.1, -0.05) is 12.1 Å². The van der Waals surface area contributed by atoms with Gasteiger partial charge in [-0.2, -0.15) is 0 Å². The van der Waals surface area contributed by atoms with Gasteiger partial charge in [0.2, 0.25) is 0 Å². The first kappa shape index (κ1) is 21.4. The molecule has 0 fully saturated rings. The minimum Gasteiger partial charge on any atom is -0.481 e. The highest BCUT2D eigenvalue weighted by atomic mass is 19.2. The molecular formula is C24H19F3N2O3. The summed E-state index contributed by atoms with van der Waals surface area (Å²) in [4.78, 5) is 23.5. The van der Waals surface area contributed by atoms with Crippen LogP contribution < -0.4 is 5.56 Å². The highest BCUT2D eigenvalue weighted by Gasteiger charge is 2.18. The summed E-state index contributed by atoms with van der Waals surface area (Å²) in [5.41, 5.74) is 2.19. The van der Waals surface area contributed by atoms with E-state index >= 15 is 0 Å². The van der Waals surface area contributed by atoms with Gasteiger partial charge in [-0.05, 0) is 37.3 Å². The molecule has 164 valence electrons. The number of halogens is 3. The zero-order chi connectivity index (χ0) is 23.0. The van der Waals surface area contributed by atoms with E-state index in [0.717, 1.165) is 6.07 Å². The van der Waals surface area contributed by atoms with Crippen molar-refractivity contribution in [3.63, 3.8) is 0 Å². The standard InChI is InChI=1S/C24H19F3N2O3/c1-14-23(18-11-17(25)6-7-20(18)29(14)10-9-22(31)32)15-5-8-21(30)28(12-15)13-16-3-2-4-19(26)24(16)27/h2-8,11-12H,9-10,13H2,1H3,(H,31,32). The van der Waals surface area contributed by atoms with Gasteiger partial charge in [0.25, 0.3) is 5.56 Å². The molecule has 0 amide bonds. The Bertz CT molecular complexity index is 1410. The van der Waals surface area contributed by atoms with Gasteiger partial charge in [-0.3, -0.25) is 9.59 Å². The van der Waals surface area contributed by atoms with E-state index in [0.29, 0.717) is 27.7 Å². The number of carbonyl (C=O) groups is 1.